The SMILES string of the molecule is CC(C)c1ccnc(-n2c3ccccc3c3ccc(C4(c5cccc(N6ON(C(C)(C)C)c7ccccc76)c5)c5ccccc5-c5ccccc54)cc32)c1. The minimum atomic E-state index is -0.616. The first-order valence-electron chi connectivity index (χ1n) is 18.9. The van der Waals surface area contributed by atoms with Crippen LogP contribution in [0, 0.1) is 0 Å². The van der Waals surface area contributed by atoms with Crippen LogP contribution in [0.25, 0.3) is 38.8 Å². The highest BCUT2D eigenvalue weighted by Gasteiger charge is 2.47. The zero-order chi connectivity index (χ0) is 36.8. The molecule has 0 bridgehead atoms. The van der Waals surface area contributed by atoms with Crippen LogP contribution in [0.3, 0.4) is 0 Å². The van der Waals surface area contributed by atoms with Gasteiger partial charge < -0.3 is 0 Å². The lowest BCUT2D eigenvalue weighted by Crippen LogP contribution is -2.41. The van der Waals surface area contributed by atoms with Gasteiger partial charge in [-0.15, -0.1) is 4.94 Å². The van der Waals surface area contributed by atoms with Crippen LogP contribution in [-0.4, -0.2) is 15.1 Å². The summed E-state index contributed by atoms with van der Waals surface area (Å²) >= 11 is 0. The van der Waals surface area contributed by atoms with E-state index in [1.807, 2.05) is 16.3 Å². The summed E-state index contributed by atoms with van der Waals surface area (Å²) < 4.78 is 2.35. The number of rotatable bonds is 5. The fourth-order valence-corrected chi connectivity index (χ4v) is 8.90. The third-order valence-electron chi connectivity index (χ3n) is 11.3. The molecule has 10 rings (SSSR count). The van der Waals surface area contributed by atoms with E-state index in [2.05, 4.69) is 191 Å². The quantitative estimate of drug-likeness (QED) is 0.179. The Morgan fingerprint density at radius 1 is 0.593 bits per heavy atom. The number of aromatic nitrogens is 2. The van der Waals surface area contributed by atoms with Crippen molar-refractivity contribution >= 4 is 38.9 Å². The molecule has 1 aliphatic heterocycles. The Bertz CT molecular complexity index is 2710. The molecule has 0 spiro atoms. The molecule has 5 nitrogen and oxygen atoms in total. The van der Waals surface area contributed by atoms with Gasteiger partial charge in [-0.05, 0) is 114 Å². The number of para-hydroxylation sites is 3. The molecule has 0 fully saturated rings. The van der Waals surface area contributed by atoms with Crippen molar-refractivity contribution in [3.63, 3.8) is 0 Å². The molecular formula is C49H42N4O. The van der Waals surface area contributed by atoms with Crippen molar-refractivity contribution in [1.82, 2.24) is 9.55 Å². The maximum absolute atomic E-state index is 6.72. The molecule has 6 aromatic carbocycles. The number of hydrogen-bond donors (Lipinski definition) is 0. The van der Waals surface area contributed by atoms with Crippen molar-refractivity contribution in [3.8, 4) is 16.9 Å². The number of anilines is 3. The van der Waals surface area contributed by atoms with Crippen LogP contribution in [-0.2, 0) is 10.4 Å². The first kappa shape index (κ1) is 32.5. The molecule has 2 aliphatic rings. The summed E-state index contributed by atoms with van der Waals surface area (Å²) in [7, 11) is 0. The van der Waals surface area contributed by atoms with Crippen molar-refractivity contribution in [2.75, 3.05) is 10.1 Å². The summed E-state index contributed by atoms with van der Waals surface area (Å²) in [6.07, 6.45) is 1.95. The molecule has 1 aliphatic carbocycles. The monoisotopic (exact) mass is 702 g/mol. The van der Waals surface area contributed by atoms with Gasteiger partial charge in [0.25, 0.3) is 0 Å². The number of hydrogen-bond acceptors (Lipinski definition) is 4. The molecule has 8 aromatic rings. The van der Waals surface area contributed by atoms with E-state index in [1.165, 1.54) is 49.7 Å². The standard InChI is InChI=1S/C49H42N4O/c1-32(2)33-27-28-50-47(29-33)51-43-22-11-8-19-39(43)40-26-25-35(31-46(40)51)49(41-20-9-6-17-37(41)38-18-7-10-21-42(38)49)34-15-14-16-36(30-34)52-44-23-12-13-24-45(44)53(54-52)48(3,4)5/h6-32H,1-5H3. The Kier molecular flexibility index (Phi) is 7.17. The smallest absolute Gasteiger partial charge is 0.137 e. The van der Waals surface area contributed by atoms with E-state index >= 15 is 0 Å². The second-order valence-electron chi connectivity index (χ2n) is 15.9. The number of hydroxylamine groups is 1. The zero-order valence-corrected chi connectivity index (χ0v) is 31.3. The number of pyridine rings is 1. The van der Waals surface area contributed by atoms with Crippen LogP contribution >= 0.6 is 0 Å². The Balaban J connectivity index is 1.26. The molecule has 5 heteroatoms. The predicted molar refractivity (Wildman–Crippen MR) is 222 cm³/mol. The molecule has 0 amide bonds. The number of benzene rings is 6. The molecule has 3 heterocycles. The van der Waals surface area contributed by atoms with Gasteiger partial charge >= 0.3 is 0 Å². The van der Waals surface area contributed by atoms with Crippen molar-refractivity contribution in [1.29, 1.82) is 0 Å². The molecular weight excluding hydrogens is 661 g/mol. The Hall–Kier alpha value is -6.17. The molecule has 0 N–H and O–H groups in total. The van der Waals surface area contributed by atoms with Gasteiger partial charge in [-0.2, -0.15) is 5.06 Å². The average Bonchev–Trinajstić information content (AvgIpc) is 3.85. The zero-order valence-electron chi connectivity index (χ0n) is 31.3. The van der Waals surface area contributed by atoms with Crippen LogP contribution in [0.1, 0.15) is 68.4 Å². The topological polar surface area (TPSA) is 33.5 Å². The van der Waals surface area contributed by atoms with Gasteiger partial charge in [-0.25, -0.2) is 10.0 Å². The highest BCUT2D eigenvalue weighted by Crippen LogP contribution is 2.57. The van der Waals surface area contributed by atoms with Crippen LogP contribution in [0.4, 0.5) is 17.1 Å². The van der Waals surface area contributed by atoms with Crippen molar-refractivity contribution in [3.05, 3.63) is 186 Å². The molecule has 0 atom stereocenters. The highest BCUT2D eigenvalue weighted by molar-refractivity contribution is 6.09. The van der Waals surface area contributed by atoms with Crippen molar-refractivity contribution in [2.45, 2.75) is 51.5 Å². The third kappa shape index (κ3) is 4.64. The molecule has 0 radical (unpaired) electrons. The fraction of sp³-hybridized carbons (Fsp3) is 0.163. The maximum atomic E-state index is 6.72. The molecule has 264 valence electrons. The molecule has 2 aromatic heterocycles. The average molecular weight is 703 g/mol. The minimum Gasteiger partial charge on any atom is -0.294 e. The minimum absolute atomic E-state index is 0.246. The Morgan fingerprint density at radius 2 is 1.24 bits per heavy atom. The van der Waals surface area contributed by atoms with Crippen molar-refractivity contribution in [2.24, 2.45) is 0 Å². The molecule has 0 saturated heterocycles. The van der Waals surface area contributed by atoms with Gasteiger partial charge in [0.05, 0.1) is 39.0 Å². The summed E-state index contributed by atoms with van der Waals surface area (Å²) in [6.45, 7) is 11.0. The number of nitrogens with zero attached hydrogens (tertiary/aromatic N) is 4. The van der Waals surface area contributed by atoms with E-state index in [0.717, 1.165) is 33.9 Å². The van der Waals surface area contributed by atoms with Crippen LogP contribution < -0.4 is 10.1 Å². The summed E-state index contributed by atoms with van der Waals surface area (Å²) in [6, 6.07) is 55.4. The van der Waals surface area contributed by atoms with Gasteiger partial charge in [-0.1, -0.05) is 117 Å². The second-order valence-corrected chi connectivity index (χ2v) is 15.9. The van der Waals surface area contributed by atoms with E-state index in [1.54, 1.807) is 0 Å². The highest BCUT2D eigenvalue weighted by atomic mass is 16.8. The lowest BCUT2D eigenvalue weighted by Gasteiger charge is -2.35. The molecule has 0 saturated carbocycles. The third-order valence-corrected chi connectivity index (χ3v) is 11.3. The Labute approximate surface area is 316 Å². The Morgan fingerprint density at radius 3 is 1.98 bits per heavy atom. The van der Waals surface area contributed by atoms with Gasteiger partial charge in [0.15, 0.2) is 0 Å². The second kappa shape index (κ2) is 11.9. The van der Waals surface area contributed by atoms with E-state index in [0.29, 0.717) is 5.92 Å². The first-order chi connectivity index (χ1) is 26.2. The number of fused-ring (bicyclic) bond motifs is 7. The van der Waals surface area contributed by atoms with Crippen LogP contribution in [0.15, 0.2) is 158 Å². The van der Waals surface area contributed by atoms with E-state index < -0.39 is 5.41 Å². The van der Waals surface area contributed by atoms with E-state index in [-0.39, 0.29) is 5.54 Å². The van der Waals surface area contributed by atoms with Gasteiger partial charge in [0, 0.05) is 17.0 Å². The molecule has 54 heavy (non-hydrogen) atoms. The molecule has 0 unspecified atom stereocenters. The van der Waals surface area contributed by atoms with Gasteiger partial charge in [0.2, 0.25) is 0 Å². The fourth-order valence-electron chi connectivity index (χ4n) is 8.90. The largest absolute Gasteiger partial charge is 0.294 e. The van der Waals surface area contributed by atoms with Gasteiger partial charge in [-0.3, -0.25) is 4.57 Å². The summed E-state index contributed by atoms with van der Waals surface area (Å²) in [4.78, 5) is 11.7. The summed E-state index contributed by atoms with van der Waals surface area (Å²) in [5, 5.41) is 6.42. The van der Waals surface area contributed by atoms with Crippen LogP contribution in [0.2, 0.25) is 0 Å². The maximum Gasteiger partial charge on any atom is 0.137 e. The normalized spacial score (nSPS) is 14.6. The van der Waals surface area contributed by atoms with E-state index in [9.17, 15) is 0 Å². The first-order valence-corrected chi connectivity index (χ1v) is 18.9. The lowest BCUT2D eigenvalue weighted by atomic mass is 9.67. The lowest BCUT2D eigenvalue weighted by molar-refractivity contribution is 0.0842. The summed E-state index contributed by atoms with van der Waals surface area (Å²) in [5.41, 5.74) is 13.2. The summed E-state index contributed by atoms with van der Waals surface area (Å²) in [5.74, 6) is 1.32. The van der Waals surface area contributed by atoms with E-state index in [4.69, 9.17) is 9.92 Å². The van der Waals surface area contributed by atoms with Gasteiger partial charge in [0.1, 0.15) is 5.82 Å². The van der Waals surface area contributed by atoms with Crippen molar-refractivity contribution < 1.29 is 4.94 Å². The van der Waals surface area contributed by atoms with Crippen LogP contribution in [0.5, 0.6) is 0 Å². The predicted octanol–water partition coefficient (Wildman–Crippen LogP) is 12.3.